The number of amides is 2. The number of likely N-dealkylation sites (tertiary alicyclic amines) is 1. The Bertz CT molecular complexity index is 569. The van der Waals surface area contributed by atoms with Gasteiger partial charge in [-0.1, -0.05) is 12.1 Å². The van der Waals surface area contributed by atoms with E-state index in [2.05, 4.69) is 0 Å². The Hall–Kier alpha value is -2.08. The first-order valence-corrected chi connectivity index (χ1v) is 7.64. The molecular formula is C16H20N2O4. The van der Waals surface area contributed by atoms with Gasteiger partial charge in [-0.25, -0.2) is 0 Å². The molecule has 3 rings (SSSR count). The summed E-state index contributed by atoms with van der Waals surface area (Å²) in [5, 5.41) is 9.86. The molecule has 2 heterocycles. The number of morpholine rings is 1. The number of hydrogen-bond acceptors (Lipinski definition) is 4. The number of ether oxygens (including phenoxy) is 1. The predicted molar refractivity (Wildman–Crippen MR) is 79.6 cm³/mol. The van der Waals surface area contributed by atoms with Crippen molar-refractivity contribution in [3.8, 4) is 5.75 Å². The number of carbonyl (C=O) groups is 2. The first-order chi connectivity index (χ1) is 10.7. The van der Waals surface area contributed by atoms with E-state index in [1.54, 1.807) is 28.0 Å². The molecule has 22 heavy (non-hydrogen) atoms. The summed E-state index contributed by atoms with van der Waals surface area (Å²) in [6.07, 6.45) is 1.48. The number of carbonyl (C=O) groups excluding carboxylic acids is 2. The van der Waals surface area contributed by atoms with E-state index in [4.69, 9.17) is 4.74 Å². The van der Waals surface area contributed by atoms with Crippen molar-refractivity contribution in [1.29, 1.82) is 0 Å². The lowest BCUT2D eigenvalue weighted by Crippen LogP contribution is -2.51. The van der Waals surface area contributed by atoms with E-state index in [-0.39, 0.29) is 23.1 Å². The van der Waals surface area contributed by atoms with Crippen molar-refractivity contribution in [3.63, 3.8) is 0 Å². The fourth-order valence-corrected chi connectivity index (χ4v) is 3.07. The van der Waals surface area contributed by atoms with Gasteiger partial charge in [-0.3, -0.25) is 9.59 Å². The summed E-state index contributed by atoms with van der Waals surface area (Å²) in [6.45, 7) is 2.80. The van der Waals surface area contributed by atoms with Crippen LogP contribution in [0.15, 0.2) is 24.3 Å². The first kappa shape index (κ1) is 14.8. The molecule has 0 bridgehead atoms. The molecule has 2 fully saturated rings. The molecule has 2 amide bonds. The van der Waals surface area contributed by atoms with E-state index in [9.17, 15) is 14.7 Å². The van der Waals surface area contributed by atoms with Crippen molar-refractivity contribution in [3.05, 3.63) is 29.8 Å². The Kier molecular flexibility index (Phi) is 4.29. The molecule has 118 valence electrons. The van der Waals surface area contributed by atoms with Crippen LogP contribution in [-0.4, -0.2) is 65.6 Å². The van der Waals surface area contributed by atoms with Crippen LogP contribution in [0.3, 0.4) is 0 Å². The third-order valence-electron chi connectivity index (χ3n) is 4.26. The van der Waals surface area contributed by atoms with Gasteiger partial charge >= 0.3 is 0 Å². The van der Waals surface area contributed by atoms with Gasteiger partial charge in [-0.05, 0) is 25.0 Å². The number of phenolic OH excluding ortho intramolecular Hbond substituents is 1. The lowest BCUT2D eigenvalue weighted by molar-refractivity contribution is -0.139. The van der Waals surface area contributed by atoms with E-state index in [0.29, 0.717) is 39.3 Å². The summed E-state index contributed by atoms with van der Waals surface area (Å²) in [5.74, 6) is -0.330. The Labute approximate surface area is 129 Å². The van der Waals surface area contributed by atoms with Gasteiger partial charge in [0.1, 0.15) is 11.8 Å². The second-order valence-corrected chi connectivity index (χ2v) is 5.61. The van der Waals surface area contributed by atoms with Crippen LogP contribution in [0, 0.1) is 0 Å². The topological polar surface area (TPSA) is 70.1 Å². The zero-order valence-corrected chi connectivity index (χ0v) is 12.4. The molecule has 0 spiro atoms. The Balaban J connectivity index is 1.76. The van der Waals surface area contributed by atoms with Gasteiger partial charge in [0, 0.05) is 19.6 Å². The maximum atomic E-state index is 12.6. The molecule has 2 aliphatic rings. The third kappa shape index (κ3) is 2.78. The van der Waals surface area contributed by atoms with Crippen LogP contribution < -0.4 is 0 Å². The fourth-order valence-electron chi connectivity index (χ4n) is 3.07. The lowest BCUT2D eigenvalue weighted by atomic mass is 10.1. The van der Waals surface area contributed by atoms with Crippen LogP contribution in [0.1, 0.15) is 23.2 Å². The Morgan fingerprint density at radius 1 is 1.14 bits per heavy atom. The van der Waals surface area contributed by atoms with Crippen molar-refractivity contribution < 1.29 is 19.4 Å². The third-order valence-corrected chi connectivity index (χ3v) is 4.26. The average molecular weight is 304 g/mol. The summed E-state index contributed by atoms with van der Waals surface area (Å²) < 4.78 is 5.26. The van der Waals surface area contributed by atoms with Crippen molar-refractivity contribution in [1.82, 2.24) is 9.80 Å². The van der Waals surface area contributed by atoms with Crippen molar-refractivity contribution >= 4 is 11.8 Å². The van der Waals surface area contributed by atoms with Gasteiger partial charge in [0.2, 0.25) is 5.91 Å². The number of rotatable bonds is 2. The SMILES string of the molecule is O=C(C1CCCN1C(=O)c1ccccc1O)N1CCOCC1. The molecule has 1 unspecified atom stereocenters. The van der Waals surface area contributed by atoms with E-state index in [1.807, 2.05) is 0 Å². The number of benzene rings is 1. The van der Waals surface area contributed by atoms with Gasteiger partial charge in [-0.15, -0.1) is 0 Å². The Morgan fingerprint density at radius 3 is 2.59 bits per heavy atom. The molecular weight excluding hydrogens is 284 g/mol. The number of para-hydroxylation sites is 1. The normalized spacial score (nSPS) is 21.9. The average Bonchev–Trinajstić information content (AvgIpc) is 3.04. The summed E-state index contributed by atoms with van der Waals surface area (Å²) >= 11 is 0. The van der Waals surface area contributed by atoms with E-state index in [1.165, 1.54) is 6.07 Å². The van der Waals surface area contributed by atoms with Crippen LogP contribution in [0.5, 0.6) is 5.75 Å². The maximum absolute atomic E-state index is 12.6. The Morgan fingerprint density at radius 2 is 1.86 bits per heavy atom. The molecule has 1 aromatic rings. The molecule has 1 N–H and O–H groups in total. The minimum absolute atomic E-state index is 0.00966. The van der Waals surface area contributed by atoms with Gasteiger partial charge in [0.25, 0.3) is 5.91 Å². The van der Waals surface area contributed by atoms with Crippen LogP contribution in [0.2, 0.25) is 0 Å². The van der Waals surface area contributed by atoms with Crippen LogP contribution >= 0.6 is 0 Å². The summed E-state index contributed by atoms with van der Waals surface area (Å²) in [4.78, 5) is 28.6. The molecule has 0 radical (unpaired) electrons. The zero-order valence-electron chi connectivity index (χ0n) is 12.4. The van der Waals surface area contributed by atoms with Crippen molar-refractivity contribution in [2.75, 3.05) is 32.8 Å². The molecule has 0 aromatic heterocycles. The number of phenols is 1. The number of hydrogen-bond donors (Lipinski definition) is 1. The first-order valence-electron chi connectivity index (χ1n) is 7.64. The number of nitrogens with zero attached hydrogens (tertiary/aromatic N) is 2. The second-order valence-electron chi connectivity index (χ2n) is 5.61. The summed E-state index contributed by atoms with van der Waals surface area (Å²) in [6, 6.07) is 6.04. The highest BCUT2D eigenvalue weighted by Crippen LogP contribution is 2.25. The molecule has 0 aliphatic carbocycles. The molecule has 2 saturated heterocycles. The fraction of sp³-hybridized carbons (Fsp3) is 0.500. The molecule has 1 atom stereocenters. The summed E-state index contributed by atoms with van der Waals surface area (Å²) in [7, 11) is 0. The van der Waals surface area contributed by atoms with Crippen molar-refractivity contribution in [2.45, 2.75) is 18.9 Å². The van der Waals surface area contributed by atoms with Gasteiger partial charge < -0.3 is 19.6 Å². The highest BCUT2D eigenvalue weighted by Gasteiger charge is 2.37. The van der Waals surface area contributed by atoms with Crippen LogP contribution in [-0.2, 0) is 9.53 Å². The van der Waals surface area contributed by atoms with E-state index >= 15 is 0 Å². The smallest absolute Gasteiger partial charge is 0.258 e. The maximum Gasteiger partial charge on any atom is 0.258 e. The van der Waals surface area contributed by atoms with Gasteiger partial charge in [0.15, 0.2) is 0 Å². The van der Waals surface area contributed by atoms with E-state index < -0.39 is 6.04 Å². The quantitative estimate of drug-likeness (QED) is 0.879. The molecule has 0 saturated carbocycles. The van der Waals surface area contributed by atoms with Gasteiger partial charge in [0.05, 0.1) is 18.8 Å². The van der Waals surface area contributed by atoms with Crippen LogP contribution in [0.25, 0.3) is 0 Å². The minimum Gasteiger partial charge on any atom is -0.507 e. The predicted octanol–water partition coefficient (Wildman–Crippen LogP) is 0.856. The number of aromatic hydroxyl groups is 1. The second kappa shape index (κ2) is 6.36. The van der Waals surface area contributed by atoms with Crippen molar-refractivity contribution in [2.24, 2.45) is 0 Å². The molecule has 6 heteroatoms. The standard InChI is InChI=1S/C16H20N2O4/c19-14-6-2-1-4-12(14)15(20)18-7-3-5-13(18)16(21)17-8-10-22-11-9-17/h1-2,4,6,13,19H,3,5,7-11H2. The highest BCUT2D eigenvalue weighted by molar-refractivity contribution is 5.99. The highest BCUT2D eigenvalue weighted by atomic mass is 16.5. The monoisotopic (exact) mass is 304 g/mol. The van der Waals surface area contributed by atoms with Gasteiger partial charge in [-0.2, -0.15) is 0 Å². The largest absolute Gasteiger partial charge is 0.507 e. The molecule has 1 aromatic carbocycles. The minimum atomic E-state index is -0.426. The molecule has 6 nitrogen and oxygen atoms in total. The zero-order chi connectivity index (χ0) is 15.5. The van der Waals surface area contributed by atoms with E-state index in [0.717, 1.165) is 6.42 Å². The lowest BCUT2D eigenvalue weighted by Gasteiger charge is -2.32. The van der Waals surface area contributed by atoms with Crippen LogP contribution in [0.4, 0.5) is 0 Å². The molecule has 2 aliphatic heterocycles. The summed E-state index contributed by atoms with van der Waals surface area (Å²) in [5.41, 5.74) is 0.254.